The first kappa shape index (κ1) is 22.1. The van der Waals surface area contributed by atoms with Crippen molar-refractivity contribution in [2.24, 2.45) is 0 Å². The molecule has 1 N–H and O–H groups in total. The molecule has 1 amide bonds. The number of hydrogen-bond donors (Lipinski definition) is 1. The van der Waals surface area contributed by atoms with Gasteiger partial charge in [0, 0.05) is 32.4 Å². The van der Waals surface area contributed by atoms with E-state index in [4.69, 9.17) is 16.3 Å². The van der Waals surface area contributed by atoms with Crippen LogP contribution >= 0.6 is 11.6 Å². The first-order valence-corrected chi connectivity index (χ1v) is 10.5. The summed E-state index contributed by atoms with van der Waals surface area (Å²) < 4.78 is 5.00. The van der Waals surface area contributed by atoms with Crippen molar-refractivity contribution in [1.29, 1.82) is 0 Å². The van der Waals surface area contributed by atoms with Gasteiger partial charge in [-0.05, 0) is 44.5 Å². The molecular formula is C22H27ClN4O3. The summed E-state index contributed by atoms with van der Waals surface area (Å²) in [7, 11) is 0. The number of nitrogens with zero attached hydrogens (tertiary/aromatic N) is 3. The van der Waals surface area contributed by atoms with E-state index in [9.17, 15) is 9.59 Å². The highest BCUT2D eigenvalue weighted by Crippen LogP contribution is 2.21. The third kappa shape index (κ3) is 5.49. The lowest BCUT2D eigenvalue weighted by molar-refractivity contribution is -0.120. The summed E-state index contributed by atoms with van der Waals surface area (Å²) >= 11 is 6.15. The quantitative estimate of drug-likeness (QED) is 0.707. The van der Waals surface area contributed by atoms with Crippen LogP contribution in [0.25, 0.3) is 0 Å². The molecule has 0 spiro atoms. The van der Waals surface area contributed by atoms with Gasteiger partial charge in [0.2, 0.25) is 5.91 Å². The molecule has 2 aromatic rings. The summed E-state index contributed by atoms with van der Waals surface area (Å²) in [6.07, 6.45) is 2.46. The van der Waals surface area contributed by atoms with Crippen LogP contribution in [-0.4, -0.2) is 60.6 Å². The minimum atomic E-state index is -0.364. The molecule has 0 bridgehead atoms. The molecule has 1 aliphatic heterocycles. The van der Waals surface area contributed by atoms with Crippen LogP contribution in [0, 0.1) is 0 Å². The Bertz CT molecular complexity index is 875. The second-order valence-corrected chi connectivity index (χ2v) is 7.55. The van der Waals surface area contributed by atoms with Gasteiger partial charge in [0.15, 0.2) is 0 Å². The van der Waals surface area contributed by atoms with Crippen LogP contribution in [0.2, 0.25) is 5.02 Å². The summed E-state index contributed by atoms with van der Waals surface area (Å²) in [5, 5.41) is 3.44. The number of halogens is 1. The minimum Gasteiger partial charge on any atom is -0.462 e. The fourth-order valence-electron chi connectivity index (χ4n) is 3.43. The van der Waals surface area contributed by atoms with Crippen molar-refractivity contribution in [2.75, 3.05) is 43.0 Å². The van der Waals surface area contributed by atoms with Crippen molar-refractivity contribution in [3.8, 4) is 0 Å². The van der Waals surface area contributed by atoms with Gasteiger partial charge < -0.3 is 15.0 Å². The van der Waals surface area contributed by atoms with Crippen LogP contribution in [0.4, 0.5) is 11.5 Å². The molecule has 160 valence electrons. The van der Waals surface area contributed by atoms with Crippen molar-refractivity contribution in [2.45, 2.75) is 26.3 Å². The molecule has 30 heavy (non-hydrogen) atoms. The summed E-state index contributed by atoms with van der Waals surface area (Å²) in [6.45, 7) is 7.15. The summed E-state index contributed by atoms with van der Waals surface area (Å²) in [6, 6.07) is 10.5. The van der Waals surface area contributed by atoms with Gasteiger partial charge >= 0.3 is 5.97 Å². The van der Waals surface area contributed by atoms with E-state index in [0.29, 0.717) is 22.9 Å². The smallest absolute Gasteiger partial charge is 0.339 e. The Morgan fingerprint density at radius 2 is 1.97 bits per heavy atom. The molecule has 2 heterocycles. The standard InChI is InChI=1S/C22H27ClN4O3/c1-3-30-22(29)17-9-10-20(24-15-17)27-12-6-11-26(13-14-27)16(2)21(28)25-19-8-5-4-7-18(19)23/h4-5,7-10,15-16H,3,6,11-14H2,1-2H3,(H,25,28)/t16-/m1/s1. The Morgan fingerprint density at radius 1 is 1.17 bits per heavy atom. The van der Waals surface area contributed by atoms with Crippen LogP contribution in [0.3, 0.4) is 0 Å². The molecule has 0 radical (unpaired) electrons. The lowest BCUT2D eigenvalue weighted by Crippen LogP contribution is -2.44. The Balaban J connectivity index is 1.58. The van der Waals surface area contributed by atoms with Crippen LogP contribution in [0.15, 0.2) is 42.6 Å². The Labute approximate surface area is 182 Å². The number of hydrogen-bond acceptors (Lipinski definition) is 6. The average Bonchev–Trinajstić information content (AvgIpc) is 3.01. The van der Waals surface area contributed by atoms with Crippen LogP contribution in [0.1, 0.15) is 30.6 Å². The first-order valence-electron chi connectivity index (χ1n) is 10.2. The van der Waals surface area contributed by atoms with Crippen molar-refractivity contribution in [3.63, 3.8) is 0 Å². The predicted molar refractivity (Wildman–Crippen MR) is 118 cm³/mol. The Hall–Kier alpha value is -2.64. The monoisotopic (exact) mass is 430 g/mol. The highest BCUT2D eigenvalue weighted by Gasteiger charge is 2.25. The molecule has 1 fully saturated rings. The minimum absolute atomic E-state index is 0.0755. The number of aromatic nitrogens is 1. The zero-order chi connectivity index (χ0) is 21.5. The maximum absolute atomic E-state index is 12.7. The number of benzene rings is 1. The molecule has 1 saturated heterocycles. The predicted octanol–water partition coefficient (Wildman–Crippen LogP) is 3.45. The maximum atomic E-state index is 12.7. The number of anilines is 2. The van der Waals surface area contributed by atoms with Gasteiger partial charge in [0.1, 0.15) is 5.82 Å². The van der Waals surface area contributed by atoms with Crippen molar-refractivity contribution in [3.05, 3.63) is 53.2 Å². The fourth-order valence-corrected chi connectivity index (χ4v) is 3.61. The number of nitrogens with one attached hydrogen (secondary N) is 1. The van der Waals surface area contributed by atoms with Crippen molar-refractivity contribution < 1.29 is 14.3 Å². The second kappa shape index (κ2) is 10.4. The average molecular weight is 431 g/mol. The normalized spacial score (nSPS) is 15.9. The molecule has 1 aliphatic rings. The first-order chi connectivity index (χ1) is 14.5. The van der Waals surface area contributed by atoms with Gasteiger partial charge in [-0.2, -0.15) is 0 Å². The topological polar surface area (TPSA) is 74.8 Å². The number of carbonyl (C=O) groups is 2. The zero-order valence-electron chi connectivity index (χ0n) is 17.3. The molecule has 7 nitrogen and oxygen atoms in total. The van der Waals surface area contributed by atoms with Crippen molar-refractivity contribution >= 4 is 35.0 Å². The van der Waals surface area contributed by atoms with E-state index in [-0.39, 0.29) is 17.9 Å². The molecule has 0 unspecified atom stereocenters. The van der Waals surface area contributed by atoms with Crippen LogP contribution < -0.4 is 10.2 Å². The highest BCUT2D eigenvalue weighted by molar-refractivity contribution is 6.33. The number of rotatable bonds is 6. The third-order valence-electron chi connectivity index (χ3n) is 5.17. The Morgan fingerprint density at radius 3 is 2.67 bits per heavy atom. The van der Waals surface area contributed by atoms with E-state index in [1.165, 1.54) is 0 Å². The fraction of sp³-hybridized carbons (Fsp3) is 0.409. The number of ether oxygens (including phenoxy) is 1. The largest absolute Gasteiger partial charge is 0.462 e. The second-order valence-electron chi connectivity index (χ2n) is 7.15. The number of carbonyl (C=O) groups excluding carboxylic acids is 2. The van der Waals surface area contributed by atoms with E-state index >= 15 is 0 Å². The van der Waals surface area contributed by atoms with E-state index in [2.05, 4.69) is 20.1 Å². The Kier molecular flexibility index (Phi) is 7.65. The van der Waals surface area contributed by atoms with Gasteiger partial charge in [-0.25, -0.2) is 9.78 Å². The molecule has 0 aliphatic carbocycles. The van der Waals surface area contributed by atoms with Gasteiger partial charge in [-0.15, -0.1) is 0 Å². The molecular weight excluding hydrogens is 404 g/mol. The number of pyridine rings is 1. The summed E-state index contributed by atoms with van der Waals surface area (Å²) in [4.78, 5) is 33.3. The van der Waals surface area contributed by atoms with Gasteiger partial charge in [0.25, 0.3) is 0 Å². The van der Waals surface area contributed by atoms with Crippen LogP contribution in [0.5, 0.6) is 0 Å². The molecule has 1 aromatic carbocycles. The number of para-hydroxylation sites is 1. The van der Waals surface area contributed by atoms with Gasteiger partial charge in [0.05, 0.1) is 28.9 Å². The molecule has 8 heteroatoms. The number of amides is 1. The SMILES string of the molecule is CCOC(=O)c1ccc(N2CCCN([C@H](C)C(=O)Nc3ccccc3Cl)CC2)nc1. The van der Waals surface area contributed by atoms with E-state index < -0.39 is 0 Å². The van der Waals surface area contributed by atoms with Crippen molar-refractivity contribution in [1.82, 2.24) is 9.88 Å². The molecule has 0 saturated carbocycles. The molecule has 3 rings (SSSR count). The van der Waals surface area contributed by atoms with Crippen LogP contribution in [-0.2, 0) is 9.53 Å². The van der Waals surface area contributed by atoms with E-state index in [0.717, 1.165) is 38.4 Å². The highest BCUT2D eigenvalue weighted by atomic mass is 35.5. The number of esters is 1. The maximum Gasteiger partial charge on any atom is 0.339 e. The summed E-state index contributed by atoms with van der Waals surface area (Å²) in [5.74, 6) is 0.378. The van der Waals surface area contributed by atoms with E-state index in [1.54, 1.807) is 31.3 Å². The lowest BCUT2D eigenvalue weighted by atomic mass is 10.2. The lowest BCUT2D eigenvalue weighted by Gasteiger charge is -2.27. The zero-order valence-corrected chi connectivity index (χ0v) is 18.1. The van der Waals surface area contributed by atoms with Gasteiger partial charge in [-0.1, -0.05) is 23.7 Å². The van der Waals surface area contributed by atoms with E-state index in [1.807, 2.05) is 25.1 Å². The third-order valence-corrected chi connectivity index (χ3v) is 5.50. The summed E-state index contributed by atoms with van der Waals surface area (Å²) in [5.41, 5.74) is 1.07. The molecule has 1 atom stereocenters. The van der Waals surface area contributed by atoms with Gasteiger partial charge in [-0.3, -0.25) is 9.69 Å². The molecule has 1 aromatic heterocycles.